The Balaban J connectivity index is 2.79. The summed E-state index contributed by atoms with van der Waals surface area (Å²) in [7, 11) is 0. The zero-order valence-corrected chi connectivity index (χ0v) is 13.2. The first-order chi connectivity index (χ1) is 8.45. The Morgan fingerprint density at radius 2 is 1.94 bits per heavy atom. The van der Waals surface area contributed by atoms with Crippen molar-refractivity contribution >= 4 is 0 Å². The Morgan fingerprint density at radius 1 is 1.28 bits per heavy atom. The maximum absolute atomic E-state index is 6.20. The van der Waals surface area contributed by atoms with Crippen LogP contribution in [0.5, 0.6) is 0 Å². The summed E-state index contributed by atoms with van der Waals surface area (Å²) >= 11 is 0. The molecule has 1 rings (SSSR count). The van der Waals surface area contributed by atoms with Crippen LogP contribution in [0.1, 0.15) is 66.7 Å². The van der Waals surface area contributed by atoms with Crippen LogP contribution < -0.4 is 5.73 Å². The highest BCUT2D eigenvalue weighted by molar-refractivity contribution is 4.97. The molecule has 0 spiro atoms. The fourth-order valence-corrected chi connectivity index (χ4v) is 4.14. The van der Waals surface area contributed by atoms with E-state index in [1.165, 1.54) is 32.1 Å². The molecular formula is C16H34N2. The summed E-state index contributed by atoms with van der Waals surface area (Å²) in [6.07, 6.45) is 6.75. The van der Waals surface area contributed by atoms with Crippen molar-refractivity contribution in [3.8, 4) is 0 Å². The summed E-state index contributed by atoms with van der Waals surface area (Å²) in [5.41, 5.74) is 6.48. The van der Waals surface area contributed by atoms with Crippen LogP contribution in [-0.4, -0.2) is 29.6 Å². The van der Waals surface area contributed by atoms with Crippen molar-refractivity contribution in [2.75, 3.05) is 13.1 Å². The smallest absolute Gasteiger partial charge is 0.0336 e. The van der Waals surface area contributed by atoms with Gasteiger partial charge in [-0.25, -0.2) is 0 Å². The van der Waals surface area contributed by atoms with Crippen LogP contribution in [0.25, 0.3) is 0 Å². The van der Waals surface area contributed by atoms with Gasteiger partial charge < -0.3 is 5.73 Å². The second-order valence-electron chi connectivity index (χ2n) is 6.90. The van der Waals surface area contributed by atoms with Gasteiger partial charge in [0.1, 0.15) is 0 Å². The minimum absolute atomic E-state index is 0.278. The van der Waals surface area contributed by atoms with Gasteiger partial charge in [-0.1, -0.05) is 33.6 Å². The molecule has 0 aliphatic heterocycles. The average Bonchev–Trinajstić information content (AvgIpc) is 2.28. The zero-order chi connectivity index (χ0) is 13.8. The van der Waals surface area contributed by atoms with Gasteiger partial charge in [0.15, 0.2) is 0 Å². The molecule has 0 bridgehead atoms. The van der Waals surface area contributed by atoms with E-state index in [4.69, 9.17) is 5.73 Å². The molecule has 1 aliphatic carbocycles. The molecule has 2 atom stereocenters. The van der Waals surface area contributed by atoms with Gasteiger partial charge in [-0.3, -0.25) is 4.90 Å². The molecule has 2 heteroatoms. The fourth-order valence-electron chi connectivity index (χ4n) is 4.14. The molecule has 0 radical (unpaired) electrons. The highest BCUT2D eigenvalue weighted by atomic mass is 15.2. The lowest BCUT2D eigenvalue weighted by Gasteiger charge is -2.50. The Hall–Kier alpha value is -0.0800. The number of hydrogen-bond donors (Lipinski definition) is 1. The summed E-state index contributed by atoms with van der Waals surface area (Å²) in [6.45, 7) is 13.6. The van der Waals surface area contributed by atoms with E-state index in [0.717, 1.165) is 24.9 Å². The molecule has 108 valence electrons. The van der Waals surface area contributed by atoms with E-state index < -0.39 is 0 Å². The third-order valence-corrected chi connectivity index (χ3v) is 4.68. The van der Waals surface area contributed by atoms with Crippen LogP contribution in [0, 0.1) is 11.8 Å². The van der Waals surface area contributed by atoms with Crippen molar-refractivity contribution < 1.29 is 0 Å². The highest BCUT2D eigenvalue weighted by Crippen LogP contribution is 2.39. The quantitative estimate of drug-likeness (QED) is 0.784. The van der Waals surface area contributed by atoms with Gasteiger partial charge in [0.05, 0.1) is 0 Å². The predicted molar refractivity (Wildman–Crippen MR) is 80.7 cm³/mol. The molecule has 0 saturated heterocycles. The van der Waals surface area contributed by atoms with Crippen molar-refractivity contribution in [3.05, 3.63) is 0 Å². The maximum Gasteiger partial charge on any atom is 0.0336 e. The van der Waals surface area contributed by atoms with Crippen LogP contribution >= 0.6 is 0 Å². The van der Waals surface area contributed by atoms with Crippen LogP contribution in [0.2, 0.25) is 0 Å². The minimum Gasteiger partial charge on any atom is -0.329 e. The monoisotopic (exact) mass is 254 g/mol. The Morgan fingerprint density at radius 3 is 2.39 bits per heavy atom. The average molecular weight is 254 g/mol. The zero-order valence-electron chi connectivity index (χ0n) is 13.2. The Bertz CT molecular complexity index is 237. The van der Waals surface area contributed by atoms with Gasteiger partial charge in [-0.15, -0.1) is 0 Å². The molecule has 1 fully saturated rings. The highest BCUT2D eigenvalue weighted by Gasteiger charge is 2.40. The van der Waals surface area contributed by atoms with Crippen LogP contribution in [-0.2, 0) is 0 Å². The summed E-state index contributed by atoms with van der Waals surface area (Å²) in [4.78, 5) is 2.65. The maximum atomic E-state index is 6.20. The molecule has 2 nitrogen and oxygen atoms in total. The largest absolute Gasteiger partial charge is 0.329 e. The molecule has 2 unspecified atom stereocenters. The fraction of sp³-hybridized carbons (Fsp3) is 1.00. The number of likely N-dealkylation sites (N-methyl/N-ethyl adjacent to an activating group) is 1. The van der Waals surface area contributed by atoms with Crippen LogP contribution in [0.3, 0.4) is 0 Å². The lowest BCUT2D eigenvalue weighted by molar-refractivity contribution is 0.0127. The molecule has 1 aliphatic rings. The molecular weight excluding hydrogens is 220 g/mol. The number of hydrogen-bond acceptors (Lipinski definition) is 2. The van der Waals surface area contributed by atoms with Crippen molar-refractivity contribution in [1.29, 1.82) is 0 Å². The standard InChI is InChI=1S/C16H34N2/c1-6-18(14(4)5)16(12-17)9-7-8-15(11-16)10-13(2)3/h13-15H,6-12,17H2,1-5H3. The first kappa shape index (κ1) is 16.0. The van der Waals surface area contributed by atoms with Crippen LogP contribution in [0.4, 0.5) is 0 Å². The number of nitrogens with zero attached hydrogens (tertiary/aromatic N) is 1. The molecule has 18 heavy (non-hydrogen) atoms. The molecule has 2 N–H and O–H groups in total. The second-order valence-corrected chi connectivity index (χ2v) is 6.90. The lowest BCUT2D eigenvalue weighted by Crippen LogP contribution is -2.58. The Labute approximate surface area is 114 Å². The summed E-state index contributed by atoms with van der Waals surface area (Å²) < 4.78 is 0. The normalized spacial score (nSPS) is 29.5. The predicted octanol–water partition coefficient (Wildman–Crippen LogP) is 3.65. The van der Waals surface area contributed by atoms with Gasteiger partial charge in [-0.05, 0) is 51.5 Å². The van der Waals surface area contributed by atoms with Crippen LogP contribution in [0.15, 0.2) is 0 Å². The first-order valence-electron chi connectivity index (χ1n) is 7.92. The summed E-state index contributed by atoms with van der Waals surface area (Å²) in [6, 6.07) is 0.608. The van der Waals surface area contributed by atoms with Gasteiger partial charge in [0.2, 0.25) is 0 Å². The molecule has 0 aromatic heterocycles. The Kier molecular flexibility index (Phi) is 6.13. The van der Waals surface area contributed by atoms with E-state index in [0.29, 0.717) is 6.04 Å². The molecule has 0 aromatic rings. The van der Waals surface area contributed by atoms with Crippen molar-refractivity contribution in [2.24, 2.45) is 17.6 Å². The summed E-state index contributed by atoms with van der Waals surface area (Å²) in [5, 5.41) is 0. The van der Waals surface area contributed by atoms with E-state index >= 15 is 0 Å². The third-order valence-electron chi connectivity index (χ3n) is 4.68. The molecule has 0 amide bonds. The first-order valence-corrected chi connectivity index (χ1v) is 7.92. The molecule has 0 aromatic carbocycles. The minimum atomic E-state index is 0.278. The topological polar surface area (TPSA) is 29.3 Å². The van der Waals surface area contributed by atoms with Crippen molar-refractivity contribution in [3.63, 3.8) is 0 Å². The number of nitrogens with two attached hydrogens (primary N) is 1. The van der Waals surface area contributed by atoms with E-state index in [1.807, 2.05) is 0 Å². The van der Waals surface area contributed by atoms with E-state index in [1.54, 1.807) is 0 Å². The van der Waals surface area contributed by atoms with Gasteiger partial charge in [0, 0.05) is 18.1 Å². The third kappa shape index (κ3) is 3.71. The van der Waals surface area contributed by atoms with E-state index in [2.05, 4.69) is 39.5 Å². The molecule has 1 saturated carbocycles. The van der Waals surface area contributed by atoms with Gasteiger partial charge >= 0.3 is 0 Å². The SMILES string of the molecule is CCN(C(C)C)C1(CN)CCCC(CC(C)C)C1. The van der Waals surface area contributed by atoms with Crippen molar-refractivity contribution in [1.82, 2.24) is 4.90 Å². The summed E-state index contributed by atoms with van der Waals surface area (Å²) in [5.74, 6) is 1.70. The second kappa shape index (κ2) is 6.91. The van der Waals surface area contributed by atoms with E-state index in [9.17, 15) is 0 Å². The lowest BCUT2D eigenvalue weighted by atomic mass is 9.71. The van der Waals surface area contributed by atoms with Crippen molar-refractivity contribution in [2.45, 2.75) is 78.3 Å². The van der Waals surface area contributed by atoms with Gasteiger partial charge in [-0.2, -0.15) is 0 Å². The van der Waals surface area contributed by atoms with E-state index in [-0.39, 0.29) is 5.54 Å². The molecule has 0 heterocycles. The van der Waals surface area contributed by atoms with Gasteiger partial charge in [0.25, 0.3) is 0 Å². The number of rotatable bonds is 6.